The molecule has 1 rings (SSSR count). The first-order valence-corrected chi connectivity index (χ1v) is 7.07. The van der Waals surface area contributed by atoms with E-state index < -0.39 is 16.5 Å². The molecular weight excluding hydrogens is 287 g/mol. The third kappa shape index (κ3) is 4.74. The summed E-state index contributed by atoms with van der Waals surface area (Å²) in [7, 11) is 0. The molecule has 0 radical (unpaired) electrons. The van der Waals surface area contributed by atoms with Crippen molar-refractivity contribution in [1.82, 2.24) is 0 Å². The van der Waals surface area contributed by atoms with Gasteiger partial charge in [-0.05, 0) is 38.1 Å². The molecule has 0 saturated carbocycles. The maximum atomic E-state index is 12.4. The Bertz CT molecular complexity index is 466. The molecule has 0 aromatic heterocycles. The Morgan fingerprint density at radius 1 is 1.15 bits per heavy atom. The van der Waals surface area contributed by atoms with Crippen LogP contribution in [0.15, 0.2) is 24.3 Å². The van der Waals surface area contributed by atoms with Gasteiger partial charge in [0.05, 0.1) is 10.3 Å². The monoisotopic (exact) mass is 305 g/mol. The summed E-state index contributed by atoms with van der Waals surface area (Å²) in [6.45, 7) is 7.55. The van der Waals surface area contributed by atoms with Crippen LogP contribution in [0.5, 0.6) is 0 Å². The molecule has 0 fully saturated rings. The lowest BCUT2D eigenvalue weighted by molar-refractivity contribution is -0.137. The Hall–Kier alpha value is -1.17. The maximum absolute atomic E-state index is 12.4. The highest BCUT2D eigenvalue weighted by atomic mass is 32.2. The van der Waals surface area contributed by atoms with Gasteiger partial charge in [-0.1, -0.05) is 13.8 Å². The number of carbonyl (C=O) groups excluding carboxylic acids is 1. The molecule has 0 spiro atoms. The van der Waals surface area contributed by atoms with Gasteiger partial charge in [0.15, 0.2) is 0 Å². The molecule has 0 unspecified atom stereocenters. The highest BCUT2D eigenvalue weighted by Crippen LogP contribution is 2.32. The van der Waals surface area contributed by atoms with E-state index in [1.165, 1.54) is 23.9 Å². The van der Waals surface area contributed by atoms with Crippen molar-refractivity contribution in [3.05, 3.63) is 29.8 Å². The van der Waals surface area contributed by atoms with Crippen molar-refractivity contribution in [3.8, 4) is 0 Å². The number of thioether (sulfide) groups is 1. The highest BCUT2D eigenvalue weighted by Gasteiger charge is 2.31. The minimum absolute atomic E-state index is 0.226. The number of amides is 1. The van der Waals surface area contributed by atoms with Gasteiger partial charge in [0.1, 0.15) is 0 Å². The van der Waals surface area contributed by atoms with Crippen LogP contribution in [0.3, 0.4) is 0 Å². The van der Waals surface area contributed by atoms with E-state index in [2.05, 4.69) is 5.32 Å². The van der Waals surface area contributed by atoms with Crippen molar-refractivity contribution in [2.24, 2.45) is 0 Å². The quantitative estimate of drug-likeness (QED) is 0.883. The van der Waals surface area contributed by atoms with Crippen molar-refractivity contribution in [2.45, 2.75) is 43.9 Å². The second kappa shape index (κ2) is 6.08. The van der Waals surface area contributed by atoms with Gasteiger partial charge >= 0.3 is 6.18 Å². The minimum Gasteiger partial charge on any atom is -0.325 e. The van der Waals surface area contributed by atoms with Crippen LogP contribution in [-0.4, -0.2) is 15.9 Å². The van der Waals surface area contributed by atoms with Crippen molar-refractivity contribution in [2.75, 3.05) is 5.32 Å². The van der Waals surface area contributed by atoms with Crippen LogP contribution in [-0.2, 0) is 11.0 Å². The molecule has 1 N–H and O–H groups in total. The maximum Gasteiger partial charge on any atom is 0.416 e. The van der Waals surface area contributed by atoms with Crippen molar-refractivity contribution >= 4 is 23.4 Å². The molecule has 0 bridgehead atoms. The van der Waals surface area contributed by atoms with Crippen LogP contribution in [0.4, 0.5) is 18.9 Å². The molecule has 1 aromatic rings. The highest BCUT2D eigenvalue weighted by molar-refractivity contribution is 8.01. The number of benzene rings is 1. The smallest absolute Gasteiger partial charge is 0.325 e. The molecular formula is C14H18F3NOS. The second-order valence-corrected chi connectivity index (χ2v) is 7.41. The normalized spacial score (nSPS) is 12.6. The van der Waals surface area contributed by atoms with E-state index in [-0.39, 0.29) is 11.2 Å². The molecule has 20 heavy (non-hydrogen) atoms. The van der Waals surface area contributed by atoms with Crippen molar-refractivity contribution < 1.29 is 18.0 Å². The zero-order valence-electron chi connectivity index (χ0n) is 11.8. The van der Waals surface area contributed by atoms with Gasteiger partial charge in [-0.25, -0.2) is 0 Å². The Morgan fingerprint density at radius 2 is 1.65 bits per heavy atom. The average molecular weight is 305 g/mol. The molecule has 0 aliphatic heterocycles. The van der Waals surface area contributed by atoms with Crippen LogP contribution >= 0.6 is 11.8 Å². The van der Waals surface area contributed by atoms with E-state index >= 15 is 0 Å². The first kappa shape index (κ1) is 16.9. The summed E-state index contributed by atoms with van der Waals surface area (Å²) in [4.78, 5) is 12.1. The van der Waals surface area contributed by atoms with Gasteiger partial charge < -0.3 is 5.32 Å². The van der Waals surface area contributed by atoms with Crippen LogP contribution in [0.25, 0.3) is 0 Å². The molecule has 112 valence electrons. The summed E-state index contributed by atoms with van der Waals surface area (Å²) in [5, 5.41) is 2.92. The van der Waals surface area contributed by atoms with Crippen LogP contribution in [0.1, 0.15) is 33.3 Å². The number of alkyl halides is 3. The first-order chi connectivity index (χ1) is 9.02. The zero-order valence-corrected chi connectivity index (χ0v) is 12.7. The summed E-state index contributed by atoms with van der Waals surface area (Å²) < 4.78 is 36.6. The number of nitrogens with one attached hydrogen (secondary N) is 1. The van der Waals surface area contributed by atoms with E-state index in [4.69, 9.17) is 0 Å². The molecule has 6 heteroatoms. The zero-order chi connectivity index (χ0) is 15.6. The molecule has 0 atom stereocenters. The molecule has 2 nitrogen and oxygen atoms in total. The first-order valence-electron chi connectivity index (χ1n) is 6.19. The van der Waals surface area contributed by atoms with Gasteiger partial charge in [-0.3, -0.25) is 4.79 Å². The van der Waals surface area contributed by atoms with Gasteiger partial charge in [-0.15, -0.1) is 11.8 Å². The Morgan fingerprint density at radius 3 is 2.05 bits per heavy atom. The third-order valence-electron chi connectivity index (χ3n) is 2.55. The molecule has 0 aliphatic carbocycles. The SMILES string of the molecule is CC(C)SC(C)(C)C(=O)Nc1ccc(C(F)(F)F)cc1. The number of carbonyl (C=O) groups is 1. The molecule has 0 saturated heterocycles. The molecule has 1 aromatic carbocycles. The van der Waals surface area contributed by atoms with Crippen molar-refractivity contribution in [1.29, 1.82) is 0 Å². The van der Waals surface area contributed by atoms with Gasteiger partial charge in [0, 0.05) is 10.9 Å². The lowest BCUT2D eigenvalue weighted by Crippen LogP contribution is -2.35. The van der Waals surface area contributed by atoms with Gasteiger partial charge in [0.25, 0.3) is 0 Å². The number of hydrogen-bond acceptors (Lipinski definition) is 2. The second-order valence-electron chi connectivity index (χ2n) is 5.21. The average Bonchev–Trinajstić information content (AvgIpc) is 2.26. The topological polar surface area (TPSA) is 29.1 Å². The van der Waals surface area contributed by atoms with Gasteiger partial charge in [-0.2, -0.15) is 13.2 Å². The lowest BCUT2D eigenvalue weighted by atomic mass is 10.1. The Balaban J connectivity index is 2.76. The summed E-state index contributed by atoms with van der Waals surface area (Å²) in [6.07, 6.45) is -4.37. The number of halogens is 3. The fourth-order valence-electron chi connectivity index (χ4n) is 1.67. The third-order valence-corrected chi connectivity index (χ3v) is 3.79. The van der Waals surface area contributed by atoms with Crippen molar-refractivity contribution in [3.63, 3.8) is 0 Å². The Kier molecular flexibility index (Phi) is 5.13. The number of hydrogen-bond donors (Lipinski definition) is 1. The summed E-state index contributed by atoms with van der Waals surface area (Å²) in [6, 6.07) is 4.43. The Labute approximate surface area is 121 Å². The standard InChI is InChI=1S/C14H18F3NOS/c1-9(2)20-13(3,4)12(19)18-11-7-5-10(6-8-11)14(15,16)17/h5-9H,1-4H3,(H,18,19). The minimum atomic E-state index is -4.37. The fraction of sp³-hybridized carbons (Fsp3) is 0.500. The van der Waals surface area contributed by atoms with Crippen LogP contribution in [0.2, 0.25) is 0 Å². The number of rotatable bonds is 4. The molecule has 0 heterocycles. The van der Waals surface area contributed by atoms with E-state index in [9.17, 15) is 18.0 Å². The number of anilines is 1. The molecule has 1 amide bonds. The predicted octanol–water partition coefficient (Wildman–Crippen LogP) is 4.56. The van der Waals surface area contributed by atoms with E-state index in [0.29, 0.717) is 5.69 Å². The van der Waals surface area contributed by atoms with E-state index in [1.54, 1.807) is 13.8 Å². The summed E-state index contributed by atoms with van der Waals surface area (Å²) in [5.74, 6) is -0.226. The summed E-state index contributed by atoms with van der Waals surface area (Å²) in [5.41, 5.74) is -0.369. The van der Waals surface area contributed by atoms with Crippen LogP contribution < -0.4 is 5.32 Å². The van der Waals surface area contributed by atoms with Crippen LogP contribution in [0, 0.1) is 0 Å². The summed E-state index contributed by atoms with van der Waals surface area (Å²) >= 11 is 1.50. The molecule has 0 aliphatic rings. The largest absolute Gasteiger partial charge is 0.416 e. The predicted molar refractivity (Wildman–Crippen MR) is 76.9 cm³/mol. The van der Waals surface area contributed by atoms with E-state index in [0.717, 1.165) is 12.1 Å². The fourth-order valence-corrected chi connectivity index (χ4v) is 3.00. The van der Waals surface area contributed by atoms with E-state index in [1.807, 2.05) is 13.8 Å². The van der Waals surface area contributed by atoms with Gasteiger partial charge in [0.2, 0.25) is 5.91 Å². The lowest BCUT2D eigenvalue weighted by Gasteiger charge is -2.25.